The summed E-state index contributed by atoms with van der Waals surface area (Å²) in [5, 5.41) is 3.23. The highest BCUT2D eigenvalue weighted by molar-refractivity contribution is 5.40. The molecular formula is C15H23NO. The Morgan fingerprint density at radius 2 is 2.29 bits per heavy atom. The number of ether oxygens (including phenoxy) is 1. The second-order valence-corrected chi connectivity index (χ2v) is 5.30. The molecule has 0 saturated carbocycles. The fourth-order valence-electron chi connectivity index (χ4n) is 2.53. The summed E-state index contributed by atoms with van der Waals surface area (Å²) in [5.41, 5.74) is 2.72. The molecule has 17 heavy (non-hydrogen) atoms. The van der Waals surface area contributed by atoms with Gasteiger partial charge in [0.25, 0.3) is 0 Å². The van der Waals surface area contributed by atoms with Crippen LogP contribution >= 0.6 is 0 Å². The zero-order chi connectivity index (χ0) is 12.3. The third-order valence-corrected chi connectivity index (χ3v) is 3.49. The Bertz CT molecular complexity index is 375. The zero-order valence-electron chi connectivity index (χ0n) is 11.1. The Kier molecular flexibility index (Phi) is 4.06. The highest BCUT2D eigenvalue weighted by atomic mass is 16.5. The van der Waals surface area contributed by atoms with Crippen LogP contribution in [-0.4, -0.2) is 19.7 Å². The molecule has 0 aliphatic carbocycles. The van der Waals surface area contributed by atoms with E-state index in [0.29, 0.717) is 6.10 Å². The van der Waals surface area contributed by atoms with E-state index >= 15 is 0 Å². The summed E-state index contributed by atoms with van der Waals surface area (Å²) >= 11 is 0. The van der Waals surface area contributed by atoms with Gasteiger partial charge in [-0.2, -0.15) is 0 Å². The predicted octanol–water partition coefficient (Wildman–Crippen LogP) is 2.93. The summed E-state index contributed by atoms with van der Waals surface area (Å²) in [5.74, 6) is 1.83. The van der Waals surface area contributed by atoms with E-state index in [1.165, 1.54) is 17.5 Å². The van der Waals surface area contributed by atoms with Crippen molar-refractivity contribution in [2.24, 2.45) is 5.92 Å². The number of hydrogen-bond donors (Lipinski definition) is 1. The van der Waals surface area contributed by atoms with Crippen molar-refractivity contribution in [3.05, 3.63) is 29.3 Å². The van der Waals surface area contributed by atoms with E-state index in [1.807, 2.05) is 7.05 Å². The van der Waals surface area contributed by atoms with Gasteiger partial charge in [0.2, 0.25) is 0 Å². The lowest BCUT2D eigenvalue weighted by Crippen LogP contribution is -2.19. The Labute approximate surface area is 104 Å². The Balaban J connectivity index is 1.84. The van der Waals surface area contributed by atoms with Crippen LogP contribution in [0.2, 0.25) is 0 Å². The van der Waals surface area contributed by atoms with Crippen molar-refractivity contribution < 1.29 is 4.74 Å². The molecule has 0 fully saturated rings. The summed E-state index contributed by atoms with van der Waals surface area (Å²) in [6.45, 7) is 5.53. The number of benzene rings is 1. The first kappa shape index (κ1) is 12.4. The second-order valence-electron chi connectivity index (χ2n) is 5.30. The van der Waals surface area contributed by atoms with Gasteiger partial charge >= 0.3 is 0 Å². The van der Waals surface area contributed by atoms with Gasteiger partial charge in [-0.05, 0) is 50.9 Å². The molecule has 0 saturated heterocycles. The molecule has 0 radical (unpaired) electrons. The van der Waals surface area contributed by atoms with Crippen LogP contribution in [0.15, 0.2) is 18.2 Å². The van der Waals surface area contributed by atoms with Crippen molar-refractivity contribution in [1.82, 2.24) is 5.32 Å². The lowest BCUT2D eigenvalue weighted by molar-refractivity contribution is 0.209. The molecule has 2 atom stereocenters. The minimum Gasteiger partial charge on any atom is -0.490 e. The average molecular weight is 233 g/mol. The number of aryl methyl sites for hydroxylation is 1. The molecule has 0 aromatic heterocycles. The van der Waals surface area contributed by atoms with E-state index in [-0.39, 0.29) is 0 Å². The molecule has 1 aromatic rings. The first-order valence-electron chi connectivity index (χ1n) is 6.60. The van der Waals surface area contributed by atoms with E-state index in [4.69, 9.17) is 4.74 Å². The van der Waals surface area contributed by atoms with E-state index < -0.39 is 0 Å². The van der Waals surface area contributed by atoms with Gasteiger partial charge in [0, 0.05) is 6.42 Å². The van der Waals surface area contributed by atoms with Gasteiger partial charge < -0.3 is 10.1 Å². The van der Waals surface area contributed by atoms with Crippen LogP contribution in [0.1, 0.15) is 30.9 Å². The van der Waals surface area contributed by atoms with Gasteiger partial charge in [-0.25, -0.2) is 0 Å². The van der Waals surface area contributed by atoms with E-state index in [2.05, 4.69) is 37.4 Å². The highest BCUT2D eigenvalue weighted by Crippen LogP contribution is 2.31. The Hall–Kier alpha value is -1.02. The molecule has 2 nitrogen and oxygen atoms in total. The van der Waals surface area contributed by atoms with Crippen molar-refractivity contribution in [3.63, 3.8) is 0 Å². The van der Waals surface area contributed by atoms with Gasteiger partial charge in [0.1, 0.15) is 11.9 Å². The lowest BCUT2D eigenvalue weighted by atomic mass is 10.00. The smallest absolute Gasteiger partial charge is 0.123 e. The van der Waals surface area contributed by atoms with Gasteiger partial charge in [-0.1, -0.05) is 24.6 Å². The Morgan fingerprint density at radius 3 is 3.06 bits per heavy atom. The van der Waals surface area contributed by atoms with Crippen molar-refractivity contribution in [2.45, 2.75) is 39.2 Å². The van der Waals surface area contributed by atoms with Gasteiger partial charge in [-0.3, -0.25) is 0 Å². The number of fused-ring (bicyclic) bond motifs is 1. The molecule has 94 valence electrons. The largest absolute Gasteiger partial charge is 0.490 e. The Morgan fingerprint density at radius 1 is 1.47 bits per heavy atom. The first-order chi connectivity index (χ1) is 8.19. The molecule has 1 aliphatic heterocycles. The fraction of sp³-hybridized carbons (Fsp3) is 0.600. The summed E-state index contributed by atoms with van der Waals surface area (Å²) in [6.07, 6.45) is 3.88. The molecule has 1 aromatic carbocycles. The molecule has 0 bridgehead atoms. The molecule has 1 heterocycles. The van der Waals surface area contributed by atoms with Crippen LogP contribution in [0.3, 0.4) is 0 Å². The highest BCUT2D eigenvalue weighted by Gasteiger charge is 2.22. The summed E-state index contributed by atoms with van der Waals surface area (Å²) in [4.78, 5) is 0. The van der Waals surface area contributed by atoms with E-state index in [0.717, 1.165) is 31.1 Å². The number of nitrogens with one attached hydrogen (secondary N) is 1. The maximum atomic E-state index is 5.97. The van der Waals surface area contributed by atoms with E-state index in [9.17, 15) is 0 Å². The topological polar surface area (TPSA) is 21.3 Å². The molecule has 2 rings (SSSR count). The third kappa shape index (κ3) is 3.22. The van der Waals surface area contributed by atoms with Crippen LogP contribution in [0.5, 0.6) is 5.75 Å². The lowest BCUT2D eigenvalue weighted by Gasteiger charge is -2.14. The standard InChI is InChI=1S/C15H23NO/c1-11-5-7-15-13(8-11)9-14(17-15)6-4-12(2)10-16-3/h5,7-8,12,14,16H,4,6,9-10H2,1-3H3. The quantitative estimate of drug-likeness (QED) is 0.844. The number of hydrogen-bond acceptors (Lipinski definition) is 2. The van der Waals surface area contributed by atoms with Crippen molar-refractivity contribution >= 4 is 0 Å². The minimum absolute atomic E-state index is 0.395. The number of rotatable bonds is 5. The molecule has 0 spiro atoms. The SMILES string of the molecule is CNCC(C)CCC1Cc2cc(C)ccc2O1. The van der Waals surface area contributed by atoms with Crippen LogP contribution in [0.25, 0.3) is 0 Å². The molecule has 2 heteroatoms. The van der Waals surface area contributed by atoms with Crippen LogP contribution in [0, 0.1) is 12.8 Å². The molecule has 1 aliphatic rings. The fourth-order valence-corrected chi connectivity index (χ4v) is 2.53. The van der Waals surface area contributed by atoms with Gasteiger partial charge in [0.05, 0.1) is 0 Å². The molecule has 2 unspecified atom stereocenters. The second kappa shape index (κ2) is 5.54. The molecular weight excluding hydrogens is 210 g/mol. The third-order valence-electron chi connectivity index (χ3n) is 3.49. The summed E-state index contributed by atoms with van der Waals surface area (Å²) in [7, 11) is 2.02. The normalized spacial score (nSPS) is 19.8. The average Bonchev–Trinajstić information content (AvgIpc) is 2.68. The predicted molar refractivity (Wildman–Crippen MR) is 71.6 cm³/mol. The first-order valence-corrected chi connectivity index (χ1v) is 6.60. The van der Waals surface area contributed by atoms with Gasteiger partial charge in [-0.15, -0.1) is 0 Å². The summed E-state index contributed by atoms with van der Waals surface area (Å²) in [6, 6.07) is 6.50. The van der Waals surface area contributed by atoms with E-state index in [1.54, 1.807) is 0 Å². The maximum Gasteiger partial charge on any atom is 0.123 e. The maximum absolute atomic E-state index is 5.97. The van der Waals surface area contributed by atoms with Crippen LogP contribution in [0.4, 0.5) is 0 Å². The van der Waals surface area contributed by atoms with Crippen molar-refractivity contribution in [2.75, 3.05) is 13.6 Å². The van der Waals surface area contributed by atoms with Gasteiger partial charge in [0.15, 0.2) is 0 Å². The molecule has 1 N–H and O–H groups in total. The monoisotopic (exact) mass is 233 g/mol. The zero-order valence-corrected chi connectivity index (χ0v) is 11.1. The molecule has 0 amide bonds. The summed E-state index contributed by atoms with van der Waals surface area (Å²) < 4.78 is 5.97. The van der Waals surface area contributed by atoms with Crippen LogP contribution < -0.4 is 10.1 Å². The van der Waals surface area contributed by atoms with Crippen molar-refractivity contribution in [1.29, 1.82) is 0 Å². The van der Waals surface area contributed by atoms with Crippen molar-refractivity contribution in [3.8, 4) is 5.75 Å². The van der Waals surface area contributed by atoms with Crippen LogP contribution in [-0.2, 0) is 6.42 Å². The minimum atomic E-state index is 0.395.